The summed E-state index contributed by atoms with van der Waals surface area (Å²) >= 11 is 0. The Kier molecular flexibility index (Phi) is 2.41. The molecule has 0 amide bonds. The summed E-state index contributed by atoms with van der Waals surface area (Å²) in [7, 11) is 1.95. The predicted molar refractivity (Wildman–Crippen MR) is 74.0 cm³/mol. The smallest absolute Gasteiger partial charge is 0.279 e. The van der Waals surface area contributed by atoms with Crippen LogP contribution >= 0.6 is 0 Å². The number of benzene rings is 1. The van der Waals surface area contributed by atoms with Gasteiger partial charge in [0.2, 0.25) is 0 Å². The van der Waals surface area contributed by atoms with Gasteiger partial charge >= 0.3 is 0 Å². The molecule has 96 valence electrons. The van der Waals surface area contributed by atoms with E-state index >= 15 is 0 Å². The maximum Gasteiger partial charge on any atom is 0.279 e. The third kappa shape index (κ3) is 1.62. The molecule has 1 aromatic carbocycles. The van der Waals surface area contributed by atoms with Crippen LogP contribution in [0.1, 0.15) is 16.1 Å². The number of carbonyl (C=O) groups is 1. The van der Waals surface area contributed by atoms with Gasteiger partial charge in [-0.2, -0.15) is 9.78 Å². The van der Waals surface area contributed by atoms with Crippen LogP contribution in [0.15, 0.2) is 36.7 Å². The number of nitrogen functional groups attached to an aromatic ring is 1. The summed E-state index contributed by atoms with van der Waals surface area (Å²) in [6.07, 6.45) is 3.43. The minimum absolute atomic E-state index is 0.161. The number of fused-ring (bicyclic) bond motifs is 1. The minimum Gasteiger partial charge on any atom is -0.396 e. The van der Waals surface area contributed by atoms with Gasteiger partial charge in [-0.3, -0.25) is 4.79 Å². The molecular weight excluding hydrogens is 240 g/mol. The molecule has 0 saturated heterocycles. The first-order valence-corrected chi connectivity index (χ1v) is 5.98. The third-order valence-corrected chi connectivity index (χ3v) is 3.40. The van der Waals surface area contributed by atoms with Crippen LogP contribution in [0.2, 0.25) is 0 Å². The van der Waals surface area contributed by atoms with E-state index < -0.39 is 0 Å². The number of rotatable bonds is 1. The topological polar surface area (TPSA) is 65.8 Å². The molecule has 19 heavy (non-hydrogen) atoms. The van der Waals surface area contributed by atoms with Crippen molar-refractivity contribution in [2.75, 3.05) is 5.73 Å². The van der Waals surface area contributed by atoms with E-state index in [0.717, 1.165) is 10.9 Å². The highest BCUT2D eigenvalue weighted by atomic mass is 16.2. The summed E-state index contributed by atoms with van der Waals surface area (Å²) < 4.78 is 3.33. The number of nitrogens with zero attached hydrogens (tertiary/aromatic N) is 3. The Morgan fingerprint density at radius 2 is 2.11 bits per heavy atom. The predicted octanol–water partition coefficient (Wildman–Crippen LogP) is 1.95. The Bertz CT molecular complexity index is 782. The van der Waals surface area contributed by atoms with Crippen LogP contribution in [0, 0.1) is 6.92 Å². The molecule has 5 heteroatoms. The molecular formula is C14H14N4O. The highest BCUT2D eigenvalue weighted by Gasteiger charge is 2.16. The van der Waals surface area contributed by atoms with Crippen molar-refractivity contribution in [1.82, 2.24) is 14.3 Å². The van der Waals surface area contributed by atoms with E-state index in [1.54, 1.807) is 6.92 Å². The number of hydrogen-bond donors (Lipinski definition) is 1. The van der Waals surface area contributed by atoms with E-state index in [0.29, 0.717) is 16.9 Å². The summed E-state index contributed by atoms with van der Waals surface area (Å²) in [5.74, 6) is -0.161. The zero-order valence-electron chi connectivity index (χ0n) is 10.8. The van der Waals surface area contributed by atoms with Crippen LogP contribution in [0.4, 0.5) is 5.69 Å². The second-order valence-electron chi connectivity index (χ2n) is 4.57. The summed E-state index contributed by atoms with van der Waals surface area (Å²) in [5, 5.41) is 4.96. The lowest BCUT2D eigenvalue weighted by Crippen LogP contribution is -2.15. The number of carbonyl (C=O) groups excluding carboxylic acids is 1. The molecule has 0 unspecified atom stereocenters. The van der Waals surface area contributed by atoms with E-state index in [4.69, 9.17) is 5.73 Å². The lowest BCUT2D eigenvalue weighted by molar-refractivity contribution is 0.0944. The summed E-state index contributed by atoms with van der Waals surface area (Å²) in [5.41, 5.74) is 8.57. The molecule has 2 aromatic heterocycles. The van der Waals surface area contributed by atoms with Crippen molar-refractivity contribution in [3.63, 3.8) is 0 Å². The average Bonchev–Trinajstić information content (AvgIpc) is 2.94. The van der Waals surface area contributed by atoms with Crippen molar-refractivity contribution in [3.8, 4) is 0 Å². The lowest BCUT2D eigenvalue weighted by atomic mass is 10.1. The third-order valence-electron chi connectivity index (χ3n) is 3.40. The molecule has 0 spiro atoms. The van der Waals surface area contributed by atoms with Gasteiger partial charge in [0, 0.05) is 24.1 Å². The first kappa shape index (κ1) is 11.5. The van der Waals surface area contributed by atoms with Crippen LogP contribution < -0.4 is 5.73 Å². The standard InChI is InChI=1S/C14H14N4O/c1-9-12(15)8-16-18(9)14(19)11-4-3-5-13-10(11)6-7-17(13)2/h3-8H,15H2,1-2H3. The number of nitrogens with two attached hydrogens (primary N) is 1. The fraction of sp³-hybridized carbons (Fsp3) is 0.143. The zero-order valence-corrected chi connectivity index (χ0v) is 10.8. The van der Waals surface area contributed by atoms with Crippen molar-refractivity contribution in [2.24, 2.45) is 7.05 Å². The number of anilines is 1. The molecule has 0 bridgehead atoms. The maximum atomic E-state index is 12.5. The van der Waals surface area contributed by atoms with Gasteiger partial charge in [-0.1, -0.05) is 6.07 Å². The first-order valence-electron chi connectivity index (χ1n) is 5.98. The molecule has 0 saturated carbocycles. The van der Waals surface area contributed by atoms with Crippen molar-refractivity contribution in [1.29, 1.82) is 0 Å². The molecule has 0 aliphatic carbocycles. The molecule has 5 nitrogen and oxygen atoms in total. The molecule has 0 atom stereocenters. The van der Waals surface area contributed by atoms with E-state index in [9.17, 15) is 4.79 Å². The van der Waals surface area contributed by atoms with Gasteiger partial charge in [-0.15, -0.1) is 0 Å². The van der Waals surface area contributed by atoms with Gasteiger partial charge in [-0.25, -0.2) is 0 Å². The van der Waals surface area contributed by atoms with Crippen LogP contribution in [-0.4, -0.2) is 20.3 Å². The first-order chi connectivity index (χ1) is 9.09. The summed E-state index contributed by atoms with van der Waals surface area (Å²) in [4.78, 5) is 12.5. The Balaban J connectivity index is 2.19. The molecule has 3 rings (SSSR count). The Labute approximate surface area is 110 Å². The monoisotopic (exact) mass is 254 g/mol. The maximum absolute atomic E-state index is 12.5. The number of aryl methyl sites for hydroxylation is 1. The number of aromatic nitrogens is 3. The Morgan fingerprint density at radius 1 is 1.32 bits per heavy atom. The Hall–Kier alpha value is -2.56. The quantitative estimate of drug-likeness (QED) is 0.721. The van der Waals surface area contributed by atoms with Crippen molar-refractivity contribution in [3.05, 3.63) is 47.9 Å². The fourth-order valence-corrected chi connectivity index (χ4v) is 2.23. The van der Waals surface area contributed by atoms with Gasteiger partial charge in [0.15, 0.2) is 0 Å². The molecule has 3 aromatic rings. The molecule has 0 aliphatic heterocycles. The van der Waals surface area contributed by atoms with E-state index in [1.807, 2.05) is 42.1 Å². The average molecular weight is 254 g/mol. The van der Waals surface area contributed by atoms with Gasteiger partial charge < -0.3 is 10.3 Å². The minimum atomic E-state index is -0.161. The van der Waals surface area contributed by atoms with Crippen molar-refractivity contribution >= 4 is 22.5 Å². The highest BCUT2D eigenvalue weighted by molar-refractivity contribution is 6.07. The largest absolute Gasteiger partial charge is 0.396 e. The van der Waals surface area contributed by atoms with Crippen LogP contribution in [0.25, 0.3) is 10.9 Å². The van der Waals surface area contributed by atoms with E-state index in [-0.39, 0.29) is 5.91 Å². The number of hydrogen-bond acceptors (Lipinski definition) is 3. The second-order valence-corrected chi connectivity index (χ2v) is 4.57. The van der Waals surface area contributed by atoms with Crippen molar-refractivity contribution < 1.29 is 4.79 Å². The van der Waals surface area contributed by atoms with Gasteiger partial charge in [0.25, 0.3) is 5.91 Å². The van der Waals surface area contributed by atoms with Crippen molar-refractivity contribution in [2.45, 2.75) is 6.92 Å². The normalized spacial score (nSPS) is 11.1. The molecule has 0 fully saturated rings. The molecule has 2 heterocycles. The fourth-order valence-electron chi connectivity index (χ4n) is 2.23. The lowest BCUT2D eigenvalue weighted by Gasteiger charge is -2.05. The SMILES string of the molecule is Cc1c(N)cnn1C(=O)c1cccc2c1ccn2C. The van der Waals surface area contributed by atoms with E-state index in [1.165, 1.54) is 10.9 Å². The summed E-state index contributed by atoms with van der Waals surface area (Å²) in [6, 6.07) is 7.60. The van der Waals surface area contributed by atoms with Crippen LogP contribution in [-0.2, 0) is 7.05 Å². The Morgan fingerprint density at radius 3 is 2.79 bits per heavy atom. The zero-order chi connectivity index (χ0) is 13.6. The van der Waals surface area contributed by atoms with Gasteiger partial charge in [-0.05, 0) is 25.1 Å². The molecule has 0 radical (unpaired) electrons. The summed E-state index contributed by atoms with van der Waals surface area (Å²) in [6.45, 7) is 1.78. The van der Waals surface area contributed by atoms with Gasteiger partial charge in [0.1, 0.15) is 0 Å². The van der Waals surface area contributed by atoms with E-state index in [2.05, 4.69) is 5.10 Å². The molecule has 2 N–H and O–H groups in total. The van der Waals surface area contributed by atoms with Crippen LogP contribution in [0.5, 0.6) is 0 Å². The second kappa shape index (κ2) is 3.98. The molecule has 0 aliphatic rings. The van der Waals surface area contributed by atoms with Gasteiger partial charge in [0.05, 0.1) is 23.1 Å². The highest BCUT2D eigenvalue weighted by Crippen LogP contribution is 2.21. The van der Waals surface area contributed by atoms with Crippen LogP contribution in [0.3, 0.4) is 0 Å².